The van der Waals surface area contributed by atoms with Crippen molar-refractivity contribution in [1.82, 2.24) is 8.61 Å². The average molecular weight is 518 g/mol. The zero-order valence-electron chi connectivity index (χ0n) is 18.4. The zero-order valence-corrected chi connectivity index (χ0v) is 20.0. The highest BCUT2D eigenvalue weighted by atomic mass is 32.2. The molecule has 4 rings (SSSR count). The van der Waals surface area contributed by atoms with E-state index in [0.29, 0.717) is 18.8 Å². The van der Waals surface area contributed by atoms with Crippen LogP contribution in [0.4, 0.5) is 18.9 Å². The maximum Gasteiger partial charge on any atom is 0.416 e. The number of halogens is 3. The third-order valence-electron chi connectivity index (χ3n) is 6.19. The molecule has 0 aromatic heterocycles. The number of rotatable bonds is 5. The number of piperidine rings is 1. The van der Waals surface area contributed by atoms with Crippen molar-refractivity contribution in [2.75, 3.05) is 44.2 Å². The molecule has 0 atom stereocenters. The maximum atomic E-state index is 13.1. The lowest BCUT2D eigenvalue weighted by atomic mass is 10.1. The fourth-order valence-corrected chi connectivity index (χ4v) is 7.19. The Kier molecular flexibility index (Phi) is 6.96. The van der Waals surface area contributed by atoms with Gasteiger partial charge in [-0.2, -0.15) is 21.8 Å². The largest absolute Gasteiger partial charge is 0.416 e. The Balaban J connectivity index is 1.44. The zero-order chi connectivity index (χ0) is 24.6. The predicted octanol–water partition coefficient (Wildman–Crippen LogP) is 3.39. The fourth-order valence-electron chi connectivity index (χ4n) is 4.25. The molecule has 2 aromatic carbocycles. The van der Waals surface area contributed by atoms with Gasteiger partial charge in [0.15, 0.2) is 0 Å². The summed E-state index contributed by atoms with van der Waals surface area (Å²) >= 11 is 0. The second-order valence-corrected chi connectivity index (χ2v) is 12.3. The molecule has 2 saturated heterocycles. The Hall–Kier alpha value is -2.15. The molecule has 0 saturated carbocycles. The van der Waals surface area contributed by atoms with Crippen molar-refractivity contribution in [3.63, 3.8) is 0 Å². The number of benzene rings is 2. The molecule has 186 valence electrons. The van der Waals surface area contributed by atoms with E-state index in [-0.39, 0.29) is 36.0 Å². The topological polar surface area (TPSA) is 78.0 Å². The maximum absolute atomic E-state index is 13.1. The lowest BCUT2D eigenvalue weighted by Crippen LogP contribution is -2.48. The van der Waals surface area contributed by atoms with Crippen LogP contribution in [0.15, 0.2) is 58.3 Å². The van der Waals surface area contributed by atoms with E-state index in [9.17, 15) is 30.0 Å². The summed E-state index contributed by atoms with van der Waals surface area (Å²) in [5.41, 5.74) is -0.362. The summed E-state index contributed by atoms with van der Waals surface area (Å²) in [6.45, 7) is 1.60. The first kappa shape index (κ1) is 25.0. The Morgan fingerprint density at radius 3 is 1.65 bits per heavy atom. The van der Waals surface area contributed by atoms with Crippen LogP contribution in [0.5, 0.6) is 0 Å². The summed E-state index contributed by atoms with van der Waals surface area (Å²) in [5, 5.41) is 0. The number of anilines is 1. The van der Waals surface area contributed by atoms with Crippen molar-refractivity contribution in [2.45, 2.75) is 35.2 Å². The van der Waals surface area contributed by atoms with Crippen LogP contribution in [0.25, 0.3) is 0 Å². The molecule has 12 heteroatoms. The van der Waals surface area contributed by atoms with Gasteiger partial charge >= 0.3 is 6.18 Å². The molecule has 0 amide bonds. The highest BCUT2D eigenvalue weighted by Crippen LogP contribution is 2.32. The summed E-state index contributed by atoms with van der Waals surface area (Å²) in [5.74, 6) is 0. The van der Waals surface area contributed by atoms with E-state index in [1.54, 1.807) is 11.0 Å². The van der Waals surface area contributed by atoms with Crippen molar-refractivity contribution in [1.29, 1.82) is 0 Å². The molecule has 2 heterocycles. The van der Waals surface area contributed by atoms with E-state index < -0.39 is 31.8 Å². The van der Waals surface area contributed by atoms with Crippen LogP contribution in [0.2, 0.25) is 0 Å². The molecule has 0 aliphatic carbocycles. The molecule has 0 unspecified atom stereocenters. The van der Waals surface area contributed by atoms with Gasteiger partial charge in [-0.1, -0.05) is 12.5 Å². The first-order chi connectivity index (χ1) is 16.0. The Bertz CT molecular complexity index is 1220. The predicted molar refractivity (Wildman–Crippen MR) is 121 cm³/mol. The first-order valence-corrected chi connectivity index (χ1v) is 13.9. The molecule has 0 spiro atoms. The third-order valence-corrected chi connectivity index (χ3v) is 10.0. The summed E-state index contributed by atoms with van der Waals surface area (Å²) in [6, 6.07) is 10.2. The Labute approximate surface area is 197 Å². The Morgan fingerprint density at radius 1 is 0.647 bits per heavy atom. The summed E-state index contributed by atoms with van der Waals surface area (Å²) < 4.78 is 93.4. The SMILES string of the molecule is O=S(=O)(c1ccc(S(=O)(=O)N2CCN(c3cccc(C(F)(F)F)c3)CC2)cc1)N1CCCCC1. The lowest BCUT2D eigenvalue weighted by Gasteiger charge is -2.35. The van der Waals surface area contributed by atoms with Gasteiger partial charge in [0.2, 0.25) is 20.0 Å². The van der Waals surface area contributed by atoms with Crippen LogP contribution in [0.3, 0.4) is 0 Å². The lowest BCUT2D eigenvalue weighted by molar-refractivity contribution is -0.137. The third kappa shape index (κ3) is 5.09. The van der Waals surface area contributed by atoms with Crippen LogP contribution in [-0.4, -0.2) is 64.7 Å². The summed E-state index contributed by atoms with van der Waals surface area (Å²) in [6.07, 6.45) is -1.85. The van der Waals surface area contributed by atoms with Crippen molar-refractivity contribution in [2.24, 2.45) is 0 Å². The van der Waals surface area contributed by atoms with Gasteiger partial charge in [0.1, 0.15) is 0 Å². The summed E-state index contributed by atoms with van der Waals surface area (Å²) in [7, 11) is -7.53. The highest BCUT2D eigenvalue weighted by Gasteiger charge is 2.33. The molecule has 7 nitrogen and oxygen atoms in total. The highest BCUT2D eigenvalue weighted by molar-refractivity contribution is 7.89. The quantitative estimate of drug-likeness (QED) is 0.608. The van der Waals surface area contributed by atoms with Gasteiger partial charge in [0.05, 0.1) is 15.4 Å². The number of hydrogen-bond donors (Lipinski definition) is 0. The van der Waals surface area contributed by atoms with Crippen LogP contribution in [0.1, 0.15) is 24.8 Å². The standard InChI is InChI=1S/C22H26F3N3O4S2/c23-22(24,25)18-5-4-6-19(17-18)26-13-15-28(16-14-26)34(31,32)21-9-7-20(8-10-21)33(29,30)27-11-2-1-3-12-27/h4-10,17H,1-3,11-16H2. The number of sulfonamides is 2. The summed E-state index contributed by atoms with van der Waals surface area (Å²) in [4.78, 5) is 1.76. The van der Waals surface area contributed by atoms with Gasteiger partial charge in [0.25, 0.3) is 0 Å². The molecule has 0 bridgehead atoms. The minimum atomic E-state index is -4.45. The van der Waals surface area contributed by atoms with E-state index in [0.717, 1.165) is 31.4 Å². The molecule has 2 aliphatic heterocycles. The molecule has 34 heavy (non-hydrogen) atoms. The first-order valence-electron chi connectivity index (χ1n) is 11.0. The molecule has 2 aromatic rings. The molecule has 0 radical (unpaired) electrons. The molecular formula is C22H26F3N3O4S2. The van der Waals surface area contributed by atoms with E-state index in [4.69, 9.17) is 0 Å². The average Bonchev–Trinajstić information content (AvgIpc) is 2.84. The van der Waals surface area contributed by atoms with Crippen LogP contribution in [0, 0.1) is 0 Å². The Morgan fingerprint density at radius 2 is 1.15 bits per heavy atom. The van der Waals surface area contributed by atoms with Crippen molar-refractivity contribution in [3.8, 4) is 0 Å². The molecular weight excluding hydrogens is 491 g/mol. The van der Waals surface area contributed by atoms with Crippen molar-refractivity contribution < 1.29 is 30.0 Å². The van der Waals surface area contributed by atoms with Crippen LogP contribution < -0.4 is 4.90 Å². The smallest absolute Gasteiger partial charge is 0.369 e. The van der Waals surface area contributed by atoms with E-state index in [1.165, 1.54) is 38.9 Å². The van der Waals surface area contributed by atoms with Gasteiger partial charge in [-0.05, 0) is 55.3 Å². The van der Waals surface area contributed by atoms with Gasteiger partial charge in [-0.3, -0.25) is 0 Å². The monoisotopic (exact) mass is 517 g/mol. The minimum Gasteiger partial charge on any atom is -0.369 e. The van der Waals surface area contributed by atoms with E-state index >= 15 is 0 Å². The van der Waals surface area contributed by atoms with Crippen molar-refractivity contribution in [3.05, 3.63) is 54.1 Å². The molecule has 0 N–H and O–H groups in total. The number of alkyl halides is 3. The normalized spacial score (nSPS) is 19.3. The van der Waals surface area contributed by atoms with Crippen LogP contribution in [-0.2, 0) is 26.2 Å². The van der Waals surface area contributed by atoms with Gasteiger partial charge < -0.3 is 4.90 Å². The second-order valence-electron chi connectivity index (χ2n) is 8.38. The minimum absolute atomic E-state index is 0.0161. The molecule has 2 fully saturated rings. The molecule has 2 aliphatic rings. The fraction of sp³-hybridized carbons (Fsp3) is 0.455. The van der Waals surface area contributed by atoms with Gasteiger partial charge in [-0.15, -0.1) is 0 Å². The number of hydrogen-bond acceptors (Lipinski definition) is 5. The number of nitrogens with zero attached hydrogens (tertiary/aromatic N) is 3. The van der Waals surface area contributed by atoms with Gasteiger partial charge in [-0.25, -0.2) is 16.8 Å². The van der Waals surface area contributed by atoms with E-state index in [2.05, 4.69) is 0 Å². The van der Waals surface area contributed by atoms with E-state index in [1.807, 2.05) is 0 Å². The van der Waals surface area contributed by atoms with Gasteiger partial charge in [0, 0.05) is 45.0 Å². The second kappa shape index (κ2) is 9.48. The van der Waals surface area contributed by atoms with Crippen molar-refractivity contribution >= 4 is 25.7 Å². The number of piperazine rings is 1. The van der Waals surface area contributed by atoms with Crippen LogP contribution >= 0.6 is 0 Å².